The molecule has 3 aromatic rings. The van der Waals surface area contributed by atoms with Crippen LogP contribution in [0.25, 0.3) is 10.4 Å². The molecule has 3 heterocycles. The standard InChI is InChI=1S/C22H15NO6S/c24-20-14-3-1-2-4-15(14)21(25)23(20)12-29-22(26)19-8-7-18(30-19)13-5-6-16-17(11-13)28-10-9-27-16/h1-8,11H,9-10,12H2. The molecule has 1 aromatic heterocycles. The molecule has 0 saturated carbocycles. The Morgan fingerprint density at radius 2 is 1.63 bits per heavy atom. The average molecular weight is 421 g/mol. The molecule has 5 rings (SSSR count). The zero-order valence-corrected chi connectivity index (χ0v) is 16.4. The van der Waals surface area contributed by atoms with Crippen molar-refractivity contribution < 1.29 is 28.6 Å². The van der Waals surface area contributed by atoms with E-state index >= 15 is 0 Å². The largest absolute Gasteiger partial charge is 0.486 e. The predicted octanol–water partition coefficient (Wildman–Crippen LogP) is 3.60. The Labute approximate surface area is 175 Å². The van der Waals surface area contributed by atoms with Crippen LogP contribution in [0.2, 0.25) is 0 Å². The normalized spacial score (nSPS) is 14.6. The molecule has 7 nitrogen and oxygen atoms in total. The lowest BCUT2D eigenvalue weighted by Crippen LogP contribution is -2.33. The SMILES string of the molecule is O=C(OCN1C(=O)c2ccccc2C1=O)c1ccc(-c2ccc3c(c2)OCCO3)s1. The number of amides is 2. The molecule has 2 aliphatic heterocycles. The summed E-state index contributed by atoms with van der Waals surface area (Å²) in [6.45, 7) is 0.590. The molecule has 0 radical (unpaired) electrons. The molecule has 0 N–H and O–H groups in total. The van der Waals surface area contributed by atoms with Gasteiger partial charge in [-0.05, 0) is 48.0 Å². The van der Waals surface area contributed by atoms with Crippen LogP contribution in [0.15, 0.2) is 54.6 Å². The van der Waals surface area contributed by atoms with Crippen molar-refractivity contribution in [1.29, 1.82) is 0 Å². The van der Waals surface area contributed by atoms with Crippen LogP contribution in [0.3, 0.4) is 0 Å². The number of rotatable bonds is 4. The third kappa shape index (κ3) is 3.11. The summed E-state index contributed by atoms with van der Waals surface area (Å²) in [6.07, 6.45) is 0. The molecular weight excluding hydrogens is 406 g/mol. The second-order valence-corrected chi connectivity index (χ2v) is 7.75. The summed E-state index contributed by atoms with van der Waals surface area (Å²) in [6, 6.07) is 15.6. The molecular formula is C22H15NO6S. The molecule has 0 atom stereocenters. The van der Waals surface area contributed by atoms with Crippen molar-refractivity contribution in [2.45, 2.75) is 0 Å². The molecule has 30 heavy (non-hydrogen) atoms. The number of nitrogens with zero attached hydrogens (tertiary/aromatic N) is 1. The summed E-state index contributed by atoms with van der Waals surface area (Å²) in [5.74, 6) is -0.164. The van der Waals surface area contributed by atoms with Crippen LogP contribution in [-0.2, 0) is 4.74 Å². The summed E-state index contributed by atoms with van der Waals surface area (Å²) in [5.41, 5.74) is 1.52. The van der Waals surface area contributed by atoms with Crippen LogP contribution in [0.1, 0.15) is 30.4 Å². The van der Waals surface area contributed by atoms with Gasteiger partial charge in [0.05, 0.1) is 11.1 Å². The van der Waals surface area contributed by atoms with Crippen LogP contribution >= 0.6 is 11.3 Å². The van der Waals surface area contributed by atoms with Crippen LogP contribution in [0, 0.1) is 0 Å². The van der Waals surface area contributed by atoms with Gasteiger partial charge in [0.15, 0.2) is 18.2 Å². The minimum atomic E-state index is -0.597. The highest BCUT2D eigenvalue weighted by Gasteiger charge is 2.35. The van der Waals surface area contributed by atoms with Crippen molar-refractivity contribution in [2.75, 3.05) is 19.9 Å². The Kier molecular flexibility index (Phi) is 4.48. The predicted molar refractivity (Wildman–Crippen MR) is 108 cm³/mol. The van der Waals surface area contributed by atoms with E-state index in [9.17, 15) is 14.4 Å². The van der Waals surface area contributed by atoms with Gasteiger partial charge in [0, 0.05) is 4.88 Å². The Bertz CT molecular complexity index is 1150. The van der Waals surface area contributed by atoms with Gasteiger partial charge in [-0.2, -0.15) is 0 Å². The Morgan fingerprint density at radius 3 is 2.37 bits per heavy atom. The van der Waals surface area contributed by atoms with E-state index in [1.807, 2.05) is 24.3 Å². The zero-order valence-electron chi connectivity index (χ0n) is 15.6. The lowest BCUT2D eigenvalue weighted by molar-refractivity contribution is 0.0232. The zero-order chi connectivity index (χ0) is 20.7. The van der Waals surface area contributed by atoms with Crippen molar-refractivity contribution in [3.63, 3.8) is 0 Å². The number of hydrogen-bond acceptors (Lipinski definition) is 7. The highest BCUT2D eigenvalue weighted by Crippen LogP contribution is 2.37. The van der Waals surface area contributed by atoms with Gasteiger partial charge in [0.1, 0.15) is 18.1 Å². The minimum absolute atomic E-state index is 0.315. The first-order valence-electron chi connectivity index (χ1n) is 9.24. The van der Waals surface area contributed by atoms with Crippen molar-refractivity contribution in [1.82, 2.24) is 4.90 Å². The third-order valence-corrected chi connectivity index (χ3v) is 5.95. The number of thiophene rings is 1. The van der Waals surface area contributed by atoms with E-state index in [0.29, 0.717) is 40.7 Å². The molecule has 2 aliphatic rings. The molecule has 150 valence electrons. The molecule has 0 aliphatic carbocycles. The topological polar surface area (TPSA) is 82.1 Å². The number of ether oxygens (including phenoxy) is 3. The smallest absolute Gasteiger partial charge is 0.350 e. The molecule has 8 heteroatoms. The second-order valence-electron chi connectivity index (χ2n) is 6.67. The van der Waals surface area contributed by atoms with Crippen molar-refractivity contribution >= 4 is 29.1 Å². The van der Waals surface area contributed by atoms with Gasteiger partial charge in [-0.1, -0.05) is 12.1 Å². The number of imide groups is 1. The Morgan fingerprint density at radius 1 is 0.933 bits per heavy atom. The number of esters is 1. The van der Waals surface area contributed by atoms with Gasteiger partial charge in [-0.3, -0.25) is 9.59 Å². The van der Waals surface area contributed by atoms with Gasteiger partial charge in [0.25, 0.3) is 11.8 Å². The van der Waals surface area contributed by atoms with E-state index in [4.69, 9.17) is 14.2 Å². The first-order valence-corrected chi connectivity index (χ1v) is 10.1. The highest BCUT2D eigenvalue weighted by molar-refractivity contribution is 7.17. The lowest BCUT2D eigenvalue weighted by atomic mass is 10.1. The molecule has 0 fully saturated rings. The van der Waals surface area contributed by atoms with E-state index in [1.165, 1.54) is 11.3 Å². The maximum atomic E-state index is 12.5. The number of carbonyl (C=O) groups excluding carboxylic acids is 3. The highest BCUT2D eigenvalue weighted by atomic mass is 32.1. The van der Waals surface area contributed by atoms with Gasteiger partial charge in [-0.15, -0.1) is 11.3 Å². The fraction of sp³-hybridized carbons (Fsp3) is 0.136. The summed E-state index contributed by atoms with van der Waals surface area (Å²) in [5, 5.41) is 0. The molecule has 2 amide bonds. The Balaban J connectivity index is 1.28. The maximum Gasteiger partial charge on any atom is 0.350 e. The van der Waals surface area contributed by atoms with E-state index < -0.39 is 24.5 Å². The fourth-order valence-corrected chi connectivity index (χ4v) is 4.25. The first kappa shape index (κ1) is 18.4. The van der Waals surface area contributed by atoms with Gasteiger partial charge in [0.2, 0.25) is 0 Å². The minimum Gasteiger partial charge on any atom is -0.486 e. The molecule has 0 saturated heterocycles. The quantitative estimate of drug-likeness (QED) is 0.473. The maximum absolute atomic E-state index is 12.5. The molecule has 2 aromatic carbocycles. The van der Waals surface area contributed by atoms with Gasteiger partial charge >= 0.3 is 5.97 Å². The first-order chi connectivity index (χ1) is 14.6. The number of hydrogen-bond donors (Lipinski definition) is 0. The summed E-state index contributed by atoms with van der Waals surface area (Å²) in [4.78, 5) is 39.3. The van der Waals surface area contributed by atoms with E-state index in [0.717, 1.165) is 15.3 Å². The summed E-state index contributed by atoms with van der Waals surface area (Å²) < 4.78 is 16.4. The average Bonchev–Trinajstić information content (AvgIpc) is 3.37. The fourth-order valence-electron chi connectivity index (χ4n) is 3.35. The van der Waals surface area contributed by atoms with E-state index in [-0.39, 0.29) is 0 Å². The molecule has 0 spiro atoms. The van der Waals surface area contributed by atoms with Crippen molar-refractivity contribution in [3.05, 3.63) is 70.6 Å². The van der Waals surface area contributed by atoms with Crippen LogP contribution in [0.5, 0.6) is 11.5 Å². The van der Waals surface area contributed by atoms with Crippen molar-refractivity contribution in [3.8, 4) is 21.9 Å². The van der Waals surface area contributed by atoms with Crippen LogP contribution in [-0.4, -0.2) is 42.6 Å². The molecule has 0 unspecified atom stereocenters. The number of fused-ring (bicyclic) bond motifs is 2. The van der Waals surface area contributed by atoms with Gasteiger partial charge in [-0.25, -0.2) is 9.69 Å². The summed E-state index contributed by atoms with van der Waals surface area (Å²) >= 11 is 1.26. The van der Waals surface area contributed by atoms with E-state index in [2.05, 4.69) is 0 Å². The molecule has 0 bridgehead atoms. The summed E-state index contributed by atoms with van der Waals surface area (Å²) in [7, 11) is 0. The number of benzene rings is 2. The monoisotopic (exact) mass is 421 g/mol. The van der Waals surface area contributed by atoms with Crippen LogP contribution in [0.4, 0.5) is 0 Å². The van der Waals surface area contributed by atoms with E-state index in [1.54, 1.807) is 30.3 Å². The van der Waals surface area contributed by atoms with Gasteiger partial charge < -0.3 is 14.2 Å². The number of carbonyl (C=O) groups is 3. The third-order valence-electron chi connectivity index (χ3n) is 4.84. The Hall–Kier alpha value is -3.65. The lowest BCUT2D eigenvalue weighted by Gasteiger charge is -2.18. The second kappa shape index (κ2) is 7.31. The van der Waals surface area contributed by atoms with Crippen molar-refractivity contribution in [2.24, 2.45) is 0 Å². The van der Waals surface area contributed by atoms with Crippen LogP contribution < -0.4 is 9.47 Å².